The first-order valence-corrected chi connectivity index (χ1v) is 11.1. The average Bonchev–Trinajstić information content (AvgIpc) is 3.19. The molecule has 3 N–H and O–H groups in total. The number of amides is 1. The minimum atomic E-state index is -0.0724. The van der Waals surface area contributed by atoms with Crippen molar-refractivity contribution in [3.63, 3.8) is 0 Å². The molecule has 1 amide bonds. The number of ether oxygens (including phenoxy) is 2. The first-order valence-electron chi connectivity index (χ1n) is 11.1. The monoisotopic (exact) mass is 432 g/mol. The maximum Gasteiger partial charge on any atom is 0.229 e. The highest BCUT2D eigenvalue weighted by molar-refractivity contribution is 5.91. The quantitative estimate of drug-likeness (QED) is 0.506. The number of rotatable bonds is 8. The second kappa shape index (κ2) is 9.04. The van der Waals surface area contributed by atoms with Gasteiger partial charge in [0.1, 0.15) is 23.4 Å². The van der Waals surface area contributed by atoms with Crippen LogP contribution in [0.1, 0.15) is 41.5 Å². The third-order valence-corrected chi connectivity index (χ3v) is 6.35. The average molecular weight is 433 g/mol. The summed E-state index contributed by atoms with van der Waals surface area (Å²) in [5, 5.41) is 13.5. The van der Waals surface area contributed by atoms with Gasteiger partial charge in [0, 0.05) is 25.1 Å². The van der Waals surface area contributed by atoms with Crippen molar-refractivity contribution in [2.45, 2.75) is 37.2 Å². The molecule has 1 saturated carbocycles. The van der Waals surface area contributed by atoms with Gasteiger partial charge in [0.25, 0.3) is 0 Å². The van der Waals surface area contributed by atoms with Gasteiger partial charge >= 0.3 is 0 Å². The van der Waals surface area contributed by atoms with Crippen molar-refractivity contribution in [1.29, 1.82) is 0 Å². The molecule has 7 nitrogen and oxygen atoms in total. The molecule has 5 rings (SSSR count). The molecule has 3 aromatic rings. The van der Waals surface area contributed by atoms with Crippen LogP contribution in [0.2, 0.25) is 0 Å². The van der Waals surface area contributed by atoms with Crippen LogP contribution in [0.5, 0.6) is 11.5 Å². The van der Waals surface area contributed by atoms with Gasteiger partial charge in [-0.3, -0.25) is 9.89 Å². The zero-order chi connectivity index (χ0) is 21.9. The summed E-state index contributed by atoms with van der Waals surface area (Å²) >= 11 is 0. The lowest BCUT2D eigenvalue weighted by Gasteiger charge is -2.34. The predicted molar refractivity (Wildman–Crippen MR) is 122 cm³/mol. The predicted octanol–water partition coefficient (Wildman–Crippen LogP) is 3.61. The molecular formula is C25H28N4O3. The Balaban J connectivity index is 1.10. The molecule has 0 unspecified atom stereocenters. The molecule has 0 radical (unpaired) electrons. The lowest BCUT2D eigenvalue weighted by atomic mass is 9.70. The highest BCUT2D eigenvalue weighted by Gasteiger charge is 2.33. The largest absolute Gasteiger partial charge is 0.497 e. The molecule has 166 valence electrons. The van der Waals surface area contributed by atoms with Crippen LogP contribution in [0.15, 0.2) is 54.6 Å². The normalized spacial score (nSPS) is 20.2. The van der Waals surface area contributed by atoms with E-state index in [4.69, 9.17) is 9.47 Å². The lowest BCUT2D eigenvalue weighted by Crippen LogP contribution is -2.50. The molecule has 0 atom stereocenters. The van der Waals surface area contributed by atoms with E-state index in [1.54, 1.807) is 7.11 Å². The maximum atomic E-state index is 12.3. The van der Waals surface area contributed by atoms with E-state index in [1.165, 1.54) is 5.56 Å². The van der Waals surface area contributed by atoms with Gasteiger partial charge in [-0.15, -0.1) is 0 Å². The number of carbonyl (C=O) groups is 1. The van der Waals surface area contributed by atoms with Gasteiger partial charge in [0.2, 0.25) is 5.91 Å². The van der Waals surface area contributed by atoms with Crippen LogP contribution < -0.4 is 20.1 Å². The first kappa shape index (κ1) is 20.6. The van der Waals surface area contributed by atoms with Gasteiger partial charge in [-0.05, 0) is 54.2 Å². The van der Waals surface area contributed by atoms with Gasteiger partial charge in [-0.2, -0.15) is 5.10 Å². The number of hydrogen-bond acceptors (Lipinski definition) is 5. The van der Waals surface area contributed by atoms with E-state index in [0.29, 0.717) is 30.2 Å². The number of aromatic amines is 1. The minimum absolute atomic E-state index is 0.0724. The summed E-state index contributed by atoms with van der Waals surface area (Å²) in [4.78, 5) is 12.3. The number of carbonyl (C=O) groups excluding carboxylic acids is 1. The van der Waals surface area contributed by atoms with Crippen molar-refractivity contribution < 1.29 is 14.3 Å². The van der Waals surface area contributed by atoms with Crippen molar-refractivity contribution >= 4 is 11.7 Å². The molecular weight excluding hydrogens is 404 g/mol. The topological polar surface area (TPSA) is 88.3 Å². The van der Waals surface area contributed by atoms with Crippen LogP contribution in [0.3, 0.4) is 0 Å². The molecule has 7 heteroatoms. The Kier molecular flexibility index (Phi) is 5.81. The SMILES string of the molecule is COc1ccc(CC(=O)Nc2cc([C@H]3C[C@@H](c4ccc(OC5CNC5)cc4)C3)n[nH]2)cc1. The number of nitrogens with one attached hydrogen (secondary N) is 3. The van der Waals surface area contributed by atoms with Crippen LogP contribution in [0.4, 0.5) is 5.82 Å². The molecule has 1 aromatic heterocycles. The van der Waals surface area contributed by atoms with E-state index in [9.17, 15) is 4.79 Å². The summed E-state index contributed by atoms with van der Waals surface area (Å²) in [7, 11) is 1.63. The molecule has 0 bridgehead atoms. The Morgan fingerprint density at radius 3 is 2.41 bits per heavy atom. The Bertz CT molecular complexity index is 1050. The fourth-order valence-corrected chi connectivity index (χ4v) is 4.22. The van der Waals surface area contributed by atoms with Gasteiger partial charge in [0.15, 0.2) is 0 Å². The fraction of sp³-hybridized carbons (Fsp3) is 0.360. The minimum Gasteiger partial charge on any atom is -0.497 e. The summed E-state index contributed by atoms with van der Waals surface area (Å²) in [6, 6.07) is 18.0. The second-order valence-corrected chi connectivity index (χ2v) is 8.61. The van der Waals surface area contributed by atoms with Crippen LogP contribution >= 0.6 is 0 Å². The second-order valence-electron chi connectivity index (χ2n) is 8.61. The summed E-state index contributed by atoms with van der Waals surface area (Å²) < 4.78 is 11.0. The standard InChI is InChI=1S/C25H28N4O3/c1-31-20-6-2-16(3-7-20)10-25(30)27-24-13-23(28-29-24)19-11-18(12-19)17-4-8-21(9-5-17)32-22-14-26-15-22/h2-9,13,18-19,22,26H,10-12,14-15H2,1H3,(H2,27,28,29,30)/t18-,19+. The number of hydrogen-bond donors (Lipinski definition) is 3. The molecule has 32 heavy (non-hydrogen) atoms. The summed E-state index contributed by atoms with van der Waals surface area (Å²) in [5.41, 5.74) is 3.30. The zero-order valence-electron chi connectivity index (χ0n) is 18.1. The summed E-state index contributed by atoms with van der Waals surface area (Å²) in [6.07, 6.45) is 2.74. The van der Waals surface area contributed by atoms with Gasteiger partial charge in [-0.25, -0.2) is 0 Å². The number of benzene rings is 2. The van der Waals surface area contributed by atoms with Gasteiger partial charge in [0.05, 0.1) is 19.2 Å². The number of nitrogens with zero attached hydrogens (tertiary/aromatic N) is 1. The molecule has 2 aromatic carbocycles. The third kappa shape index (κ3) is 4.62. The van der Waals surface area contributed by atoms with E-state index in [2.05, 4.69) is 45.1 Å². The van der Waals surface area contributed by atoms with E-state index >= 15 is 0 Å². The van der Waals surface area contributed by atoms with Crippen LogP contribution in [0.25, 0.3) is 0 Å². The number of anilines is 1. The molecule has 2 aliphatic rings. The molecule has 1 saturated heterocycles. The lowest BCUT2D eigenvalue weighted by molar-refractivity contribution is -0.115. The Morgan fingerprint density at radius 1 is 1.03 bits per heavy atom. The van der Waals surface area contributed by atoms with E-state index in [1.807, 2.05) is 30.3 Å². The van der Waals surface area contributed by atoms with Crippen LogP contribution in [-0.4, -0.2) is 42.4 Å². The summed E-state index contributed by atoms with van der Waals surface area (Å²) in [6.45, 7) is 1.86. The third-order valence-electron chi connectivity index (χ3n) is 6.35. The van der Waals surface area contributed by atoms with E-state index in [-0.39, 0.29) is 5.91 Å². The number of aromatic nitrogens is 2. The smallest absolute Gasteiger partial charge is 0.229 e. The molecule has 1 aliphatic heterocycles. The molecule has 0 spiro atoms. The van der Waals surface area contributed by atoms with E-state index < -0.39 is 0 Å². The zero-order valence-corrected chi connectivity index (χ0v) is 18.1. The summed E-state index contributed by atoms with van der Waals surface area (Å²) in [5.74, 6) is 3.26. The highest BCUT2D eigenvalue weighted by Crippen LogP contribution is 2.47. The highest BCUT2D eigenvalue weighted by atomic mass is 16.5. The van der Waals surface area contributed by atoms with Gasteiger partial charge in [-0.1, -0.05) is 24.3 Å². The van der Waals surface area contributed by atoms with Crippen molar-refractivity contribution in [3.8, 4) is 11.5 Å². The van der Waals surface area contributed by atoms with Crippen LogP contribution in [-0.2, 0) is 11.2 Å². The van der Waals surface area contributed by atoms with Crippen molar-refractivity contribution in [2.24, 2.45) is 0 Å². The first-order chi connectivity index (χ1) is 15.7. The Morgan fingerprint density at radius 2 is 1.75 bits per heavy atom. The van der Waals surface area contributed by atoms with E-state index in [0.717, 1.165) is 48.7 Å². The molecule has 2 heterocycles. The van der Waals surface area contributed by atoms with Crippen molar-refractivity contribution in [2.75, 3.05) is 25.5 Å². The molecule has 1 aliphatic carbocycles. The van der Waals surface area contributed by atoms with Crippen molar-refractivity contribution in [3.05, 3.63) is 71.4 Å². The number of H-pyrrole nitrogens is 1. The van der Waals surface area contributed by atoms with Gasteiger partial charge < -0.3 is 20.1 Å². The van der Waals surface area contributed by atoms with Crippen molar-refractivity contribution in [1.82, 2.24) is 15.5 Å². The fourth-order valence-electron chi connectivity index (χ4n) is 4.22. The number of methoxy groups -OCH3 is 1. The molecule has 2 fully saturated rings. The Labute approximate surface area is 187 Å². The maximum absolute atomic E-state index is 12.3. The Hall–Kier alpha value is -3.32. The van der Waals surface area contributed by atoms with Crippen LogP contribution in [0, 0.1) is 0 Å².